The number of thioether (sulfide) groups is 1. The lowest BCUT2D eigenvalue weighted by Gasteiger charge is -2.31. The van der Waals surface area contributed by atoms with Crippen LogP contribution in [0.1, 0.15) is 26.2 Å². The zero-order valence-corrected chi connectivity index (χ0v) is 12.2. The van der Waals surface area contributed by atoms with E-state index in [0.29, 0.717) is 5.16 Å². The molecular weight excluding hydrogens is 264 g/mol. The molecule has 19 heavy (non-hydrogen) atoms. The van der Waals surface area contributed by atoms with Gasteiger partial charge >= 0.3 is 5.97 Å². The van der Waals surface area contributed by atoms with Gasteiger partial charge in [-0.25, -0.2) is 0 Å². The summed E-state index contributed by atoms with van der Waals surface area (Å²) in [6, 6.07) is 0. The third-order valence-corrected chi connectivity index (χ3v) is 4.62. The molecule has 1 N–H and O–H groups in total. The van der Waals surface area contributed by atoms with E-state index in [1.165, 1.54) is 31.0 Å². The Morgan fingerprint density at radius 2 is 2.11 bits per heavy atom. The average molecular weight is 284 g/mol. The van der Waals surface area contributed by atoms with E-state index >= 15 is 0 Å². The molecule has 1 aliphatic heterocycles. The van der Waals surface area contributed by atoms with Crippen molar-refractivity contribution in [2.45, 2.75) is 31.3 Å². The molecule has 7 heteroatoms. The van der Waals surface area contributed by atoms with Crippen LogP contribution in [0.4, 0.5) is 5.95 Å². The number of aliphatic carboxylic acids is 1. The Labute approximate surface area is 117 Å². The van der Waals surface area contributed by atoms with Gasteiger partial charge in [-0.2, -0.15) is 0 Å². The van der Waals surface area contributed by atoms with Gasteiger partial charge in [0.2, 0.25) is 5.95 Å². The fourth-order valence-corrected chi connectivity index (χ4v) is 3.00. The number of carbonyl (C=O) groups is 1. The van der Waals surface area contributed by atoms with Crippen LogP contribution in [0.3, 0.4) is 0 Å². The summed E-state index contributed by atoms with van der Waals surface area (Å²) in [5, 5.41) is 17.6. The van der Waals surface area contributed by atoms with E-state index in [1.54, 1.807) is 0 Å². The van der Waals surface area contributed by atoms with Crippen LogP contribution in [-0.2, 0) is 11.8 Å². The van der Waals surface area contributed by atoms with Crippen LogP contribution in [-0.4, -0.2) is 44.7 Å². The van der Waals surface area contributed by atoms with Gasteiger partial charge in [-0.3, -0.25) is 9.36 Å². The van der Waals surface area contributed by atoms with Gasteiger partial charge in [0, 0.05) is 20.1 Å². The second-order valence-electron chi connectivity index (χ2n) is 4.86. The van der Waals surface area contributed by atoms with Gasteiger partial charge in [0.25, 0.3) is 0 Å². The predicted molar refractivity (Wildman–Crippen MR) is 74.6 cm³/mol. The molecule has 0 radical (unpaired) electrons. The summed E-state index contributed by atoms with van der Waals surface area (Å²) in [6.07, 6.45) is 3.63. The Morgan fingerprint density at radius 3 is 2.68 bits per heavy atom. The Bertz CT molecular complexity index is 441. The highest BCUT2D eigenvalue weighted by Gasteiger charge is 2.22. The summed E-state index contributed by atoms with van der Waals surface area (Å²) in [6.45, 7) is 4.26. The van der Waals surface area contributed by atoms with Crippen LogP contribution in [0.25, 0.3) is 0 Å². The second kappa shape index (κ2) is 6.27. The summed E-state index contributed by atoms with van der Waals surface area (Å²) < 4.78 is 1.89. The van der Waals surface area contributed by atoms with Crippen LogP contribution in [0.5, 0.6) is 0 Å². The Morgan fingerprint density at radius 1 is 1.42 bits per heavy atom. The Hall–Kier alpha value is -1.24. The summed E-state index contributed by atoms with van der Waals surface area (Å²) >= 11 is 1.21. The third-order valence-electron chi connectivity index (χ3n) is 3.61. The predicted octanol–water partition coefficient (Wildman–Crippen LogP) is 1.62. The van der Waals surface area contributed by atoms with Crippen LogP contribution in [0.2, 0.25) is 0 Å². The van der Waals surface area contributed by atoms with Crippen molar-refractivity contribution in [3.05, 3.63) is 0 Å². The van der Waals surface area contributed by atoms with E-state index in [1.807, 2.05) is 11.6 Å². The molecule has 1 fully saturated rings. The van der Waals surface area contributed by atoms with Crippen molar-refractivity contribution >= 4 is 23.7 Å². The second-order valence-corrected chi connectivity index (χ2v) is 5.81. The van der Waals surface area contributed by atoms with E-state index < -0.39 is 5.97 Å². The summed E-state index contributed by atoms with van der Waals surface area (Å²) in [5.41, 5.74) is 0. The molecule has 2 heterocycles. The fourth-order valence-electron chi connectivity index (χ4n) is 2.38. The van der Waals surface area contributed by atoms with E-state index in [2.05, 4.69) is 22.0 Å². The number of carboxylic acids is 1. The minimum atomic E-state index is -0.835. The number of rotatable bonds is 5. The zero-order valence-electron chi connectivity index (χ0n) is 11.4. The van der Waals surface area contributed by atoms with Crippen LogP contribution in [0, 0.1) is 5.92 Å². The maximum atomic E-state index is 10.6. The lowest BCUT2D eigenvalue weighted by atomic mass is 9.95. The number of hydrogen-bond donors (Lipinski definition) is 1. The molecule has 0 spiro atoms. The van der Waals surface area contributed by atoms with Gasteiger partial charge in [-0.1, -0.05) is 25.1 Å². The molecule has 1 aliphatic rings. The first-order chi connectivity index (χ1) is 9.11. The van der Waals surface area contributed by atoms with Crippen molar-refractivity contribution in [1.82, 2.24) is 14.8 Å². The fraction of sp³-hybridized carbons (Fsp3) is 0.750. The smallest absolute Gasteiger partial charge is 0.313 e. The van der Waals surface area contributed by atoms with Gasteiger partial charge in [0.15, 0.2) is 5.16 Å². The molecule has 0 amide bonds. The largest absolute Gasteiger partial charge is 0.481 e. The highest BCUT2D eigenvalue weighted by molar-refractivity contribution is 7.99. The molecule has 1 aromatic rings. The number of piperidine rings is 1. The number of anilines is 1. The van der Waals surface area contributed by atoms with Crippen molar-refractivity contribution in [2.75, 3.05) is 23.7 Å². The Balaban J connectivity index is 1.99. The molecule has 0 aromatic carbocycles. The maximum Gasteiger partial charge on any atom is 0.313 e. The number of nitrogens with zero attached hydrogens (tertiary/aromatic N) is 4. The zero-order chi connectivity index (χ0) is 13.8. The van der Waals surface area contributed by atoms with Crippen molar-refractivity contribution < 1.29 is 9.90 Å². The van der Waals surface area contributed by atoms with Crippen molar-refractivity contribution in [2.24, 2.45) is 13.0 Å². The van der Waals surface area contributed by atoms with Gasteiger partial charge in [0.05, 0.1) is 5.75 Å². The van der Waals surface area contributed by atoms with Crippen molar-refractivity contribution in [3.63, 3.8) is 0 Å². The van der Waals surface area contributed by atoms with Crippen LogP contribution < -0.4 is 4.90 Å². The van der Waals surface area contributed by atoms with E-state index in [-0.39, 0.29) is 5.75 Å². The first-order valence-corrected chi connectivity index (χ1v) is 7.59. The van der Waals surface area contributed by atoms with Gasteiger partial charge in [0.1, 0.15) is 0 Å². The monoisotopic (exact) mass is 284 g/mol. The van der Waals surface area contributed by atoms with Crippen molar-refractivity contribution in [3.8, 4) is 0 Å². The molecule has 0 aliphatic carbocycles. The normalized spacial score (nSPS) is 16.8. The van der Waals surface area contributed by atoms with E-state index in [4.69, 9.17) is 5.11 Å². The quantitative estimate of drug-likeness (QED) is 0.828. The summed E-state index contributed by atoms with van der Waals surface area (Å²) in [7, 11) is 1.89. The van der Waals surface area contributed by atoms with E-state index in [0.717, 1.165) is 25.0 Å². The van der Waals surface area contributed by atoms with Gasteiger partial charge < -0.3 is 10.0 Å². The molecule has 0 saturated carbocycles. The van der Waals surface area contributed by atoms with Crippen LogP contribution in [0.15, 0.2) is 5.16 Å². The topological polar surface area (TPSA) is 71.2 Å². The minimum Gasteiger partial charge on any atom is -0.481 e. The summed E-state index contributed by atoms with van der Waals surface area (Å²) in [5.74, 6) is 0.857. The highest BCUT2D eigenvalue weighted by Crippen LogP contribution is 2.25. The first-order valence-electron chi connectivity index (χ1n) is 6.60. The summed E-state index contributed by atoms with van der Waals surface area (Å²) in [4.78, 5) is 12.8. The molecule has 1 aromatic heterocycles. The average Bonchev–Trinajstić information content (AvgIpc) is 2.78. The standard InChI is InChI=1S/C12H20N4O2S/c1-3-9-4-6-16(7-5-9)11-13-14-12(15(11)2)19-8-10(17)18/h9H,3-8H2,1-2H3,(H,17,18). The molecule has 0 bridgehead atoms. The highest BCUT2D eigenvalue weighted by atomic mass is 32.2. The molecule has 0 atom stereocenters. The number of hydrogen-bond acceptors (Lipinski definition) is 5. The lowest BCUT2D eigenvalue weighted by molar-refractivity contribution is -0.133. The first kappa shape index (κ1) is 14.2. The number of carboxylic acid groups (broad SMARTS) is 1. The SMILES string of the molecule is CCC1CCN(c2nnc(SCC(=O)O)n2C)CC1. The van der Waals surface area contributed by atoms with E-state index in [9.17, 15) is 4.79 Å². The van der Waals surface area contributed by atoms with Crippen LogP contribution >= 0.6 is 11.8 Å². The molecule has 2 rings (SSSR count). The maximum absolute atomic E-state index is 10.6. The molecular formula is C12H20N4O2S. The Kier molecular flexibility index (Phi) is 4.68. The molecule has 106 valence electrons. The number of aromatic nitrogens is 3. The molecule has 1 saturated heterocycles. The molecule has 0 unspecified atom stereocenters. The van der Waals surface area contributed by atoms with Gasteiger partial charge in [-0.15, -0.1) is 10.2 Å². The minimum absolute atomic E-state index is 0.0177. The third kappa shape index (κ3) is 3.40. The van der Waals surface area contributed by atoms with Crippen molar-refractivity contribution in [1.29, 1.82) is 0 Å². The lowest BCUT2D eigenvalue weighted by Crippen LogP contribution is -2.35. The molecule has 6 nitrogen and oxygen atoms in total. The van der Waals surface area contributed by atoms with Gasteiger partial charge in [-0.05, 0) is 18.8 Å².